The standard InChI is InChI=1S/C29H28FN7O2/c1-17-8-10-23(33-27(38)21-7-5-6-20(12-21)14-30)13-25(17)37-16-22-15-31-28(35-26(22)36(4)29(37)39)34-24-11-9-18(2)32-19(24)3/h5-13,15H,14,16H2,1-4H3,(H,33,38)(H,31,34,35). The van der Waals surface area contributed by atoms with E-state index in [0.717, 1.165) is 28.2 Å². The van der Waals surface area contributed by atoms with Crippen LogP contribution in [0.4, 0.5) is 38.0 Å². The lowest BCUT2D eigenvalue weighted by molar-refractivity contribution is 0.102. The van der Waals surface area contributed by atoms with Crippen LogP contribution in [0.1, 0.15) is 38.4 Å². The number of nitrogens with zero attached hydrogens (tertiary/aromatic N) is 5. The maximum Gasteiger partial charge on any atom is 0.330 e. The molecule has 0 saturated carbocycles. The van der Waals surface area contributed by atoms with Crippen LogP contribution in [-0.2, 0) is 13.2 Å². The Bertz CT molecular complexity index is 1590. The number of nitrogens with one attached hydrogen (secondary N) is 2. The van der Waals surface area contributed by atoms with Crippen LogP contribution in [0.5, 0.6) is 0 Å². The summed E-state index contributed by atoms with van der Waals surface area (Å²) in [5.74, 6) is 0.523. The van der Waals surface area contributed by atoms with Crippen molar-refractivity contribution in [3.63, 3.8) is 0 Å². The fraction of sp³-hybridized carbons (Fsp3) is 0.207. The molecule has 4 aromatic rings. The molecule has 2 N–H and O–H groups in total. The molecule has 0 spiro atoms. The molecular formula is C29H28FN7O2. The van der Waals surface area contributed by atoms with Gasteiger partial charge in [-0.1, -0.05) is 18.2 Å². The Morgan fingerprint density at radius 2 is 1.87 bits per heavy atom. The highest BCUT2D eigenvalue weighted by atomic mass is 19.1. The monoisotopic (exact) mass is 525 g/mol. The average Bonchev–Trinajstić information content (AvgIpc) is 2.93. The molecule has 3 heterocycles. The third-order valence-corrected chi connectivity index (χ3v) is 6.58. The first-order chi connectivity index (χ1) is 18.7. The van der Waals surface area contributed by atoms with Gasteiger partial charge in [0.15, 0.2) is 0 Å². The zero-order chi connectivity index (χ0) is 27.7. The van der Waals surface area contributed by atoms with Gasteiger partial charge in [-0.3, -0.25) is 19.6 Å². The lowest BCUT2D eigenvalue weighted by Gasteiger charge is -2.35. The van der Waals surface area contributed by atoms with Crippen molar-refractivity contribution >= 4 is 40.8 Å². The van der Waals surface area contributed by atoms with Crippen molar-refractivity contribution in [3.05, 3.63) is 94.4 Å². The normalized spacial score (nSPS) is 12.8. The second-order valence-electron chi connectivity index (χ2n) is 9.47. The van der Waals surface area contributed by atoms with E-state index in [1.807, 2.05) is 39.0 Å². The molecule has 1 aliphatic heterocycles. The van der Waals surface area contributed by atoms with Gasteiger partial charge in [0, 0.05) is 35.8 Å². The second kappa shape index (κ2) is 10.5. The van der Waals surface area contributed by atoms with E-state index in [4.69, 9.17) is 0 Å². The minimum absolute atomic E-state index is 0.262. The zero-order valence-corrected chi connectivity index (χ0v) is 22.1. The van der Waals surface area contributed by atoms with E-state index in [2.05, 4.69) is 25.6 Å². The van der Waals surface area contributed by atoms with Crippen molar-refractivity contribution in [2.24, 2.45) is 0 Å². The van der Waals surface area contributed by atoms with Gasteiger partial charge in [0.1, 0.15) is 12.5 Å². The number of carbonyl (C=O) groups is 2. The number of rotatable bonds is 6. The first kappa shape index (κ1) is 25.8. The quantitative estimate of drug-likeness (QED) is 0.328. The van der Waals surface area contributed by atoms with E-state index in [-0.39, 0.29) is 18.5 Å². The molecule has 0 radical (unpaired) electrons. The number of alkyl halides is 1. The highest BCUT2D eigenvalue weighted by Crippen LogP contribution is 2.33. The van der Waals surface area contributed by atoms with Crippen molar-refractivity contribution in [1.82, 2.24) is 15.0 Å². The van der Waals surface area contributed by atoms with Crippen LogP contribution >= 0.6 is 0 Å². The third-order valence-electron chi connectivity index (χ3n) is 6.58. The topological polar surface area (TPSA) is 103 Å². The van der Waals surface area contributed by atoms with Gasteiger partial charge in [0.25, 0.3) is 5.91 Å². The molecule has 10 heteroatoms. The second-order valence-corrected chi connectivity index (χ2v) is 9.47. The van der Waals surface area contributed by atoms with E-state index in [1.54, 1.807) is 48.5 Å². The summed E-state index contributed by atoms with van der Waals surface area (Å²) in [5.41, 5.74) is 6.12. The SMILES string of the molecule is Cc1ccc(Nc2ncc3c(n2)N(C)C(=O)N(c2cc(NC(=O)c4cccc(CF)c4)ccc2C)C3)c(C)n1. The van der Waals surface area contributed by atoms with Crippen LogP contribution in [0.3, 0.4) is 0 Å². The van der Waals surface area contributed by atoms with Crippen molar-refractivity contribution in [1.29, 1.82) is 0 Å². The Kier molecular flexibility index (Phi) is 6.93. The fourth-order valence-electron chi connectivity index (χ4n) is 4.47. The van der Waals surface area contributed by atoms with Gasteiger partial charge >= 0.3 is 6.03 Å². The number of benzene rings is 2. The molecule has 0 aliphatic carbocycles. The summed E-state index contributed by atoms with van der Waals surface area (Å²) in [6.07, 6.45) is 1.70. The number of amides is 3. The molecule has 5 rings (SSSR count). The molecule has 3 amide bonds. The van der Waals surface area contributed by atoms with Gasteiger partial charge in [-0.25, -0.2) is 14.2 Å². The number of anilines is 5. The summed E-state index contributed by atoms with van der Waals surface area (Å²) in [5, 5.41) is 6.03. The molecule has 0 bridgehead atoms. The molecule has 0 unspecified atom stereocenters. The maximum atomic E-state index is 13.5. The average molecular weight is 526 g/mol. The van der Waals surface area contributed by atoms with Crippen LogP contribution in [-0.4, -0.2) is 33.9 Å². The first-order valence-electron chi connectivity index (χ1n) is 12.4. The predicted octanol–water partition coefficient (Wildman–Crippen LogP) is 5.84. The van der Waals surface area contributed by atoms with Gasteiger partial charge in [0.2, 0.25) is 5.95 Å². The summed E-state index contributed by atoms with van der Waals surface area (Å²) in [6.45, 7) is 5.35. The van der Waals surface area contributed by atoms with E-state index in [1.165, 1.54) is 11.0 Å². The van der Waals surface area contributed by atoms with Crippen LogP contribution in [0.15, 0.2) is 60.8 Å². The molecule has 0 atom stereocenters. The van der Waals surface area contributed by atoms with Crippen LogP contribution in [0.25, 0.3) is 0 Å². The van der Waals surface area contributed by atoms with Gasteiger partial charge in [-0.2, -0.15) is 4.98 Å². The fourth-order valence-corrected chi connectivity index (χ4v) is 4.47. The van der Waals surface area contributed by atoms with Gasteiger partial charge in [0.05, 0.1) is 23.6 Å². The minimum Gasteiger partial charge on any atom is -0.323 e. The number of pyridine rings is 1. The van der Waals surface area contributed by atoms with Crippen LogP contribution in [0, 0.1) is 20.8 Å². The molecule has 1 aliphatic rings. The number of carbonyl (C=O) groups excluding carboxylic acids is 2. The summed E-state index contributed by atoms with van der Waals surface area (Å²) in [7, 11) is 1.67. The molecular weight excluding hydrogens is 497 g/mol. The van der Waals surface area contributed by atoms with Crippen molar-refractivity contribution < 1.29 is 14.0 Å². The Balaban J connectivity index is 1.39. The highest BCUT2D eigenvalue weighted by molar-refractivity contribution is 6.07. The number of aromatic nitrogens is 3. The largest absolute Gasteiger partial charge is 0.330 e. The van der Waals surface area contributed by atoms with E-state index < -0.39 is 6.67 Å². The van der Waals surface area contributed by atoms with E-state index in [9.17, 15) is 14.0 Å². The Morgan fingerprint density at radius 1 is 1.05 bits per heavy atom. The predicted molar refractivity (Wildman–Crippen MR) is 149 cm³/mol. The van der Waals surface area contributed by atoms with Crippen molar-refractivity contribution in [2.75, 3.05) is 27.5 Å². The lowest BCUT2D eigenvalue weighted by atomic mass is 10.1. The van der Waals surface area contributed by atoms with E-state index in [0.29, 0.717) is 34.3 Å². The Hall–Kier alpha value is -4.86. The number of urea groups is 1. The first-order valence-corrected chi connectivity index (χ1v) is 12.4. The summed E-state index contributed by atoms with van der Waals surface area (Å²) in [6, 6.07) is 15.3. The summed E-state index contributed by atoms with van der Waals surface area (Å²) >= 11 is 0. The summed E-state index contributed by atoms with van der Waals surface area (Å²) in [4.78, 5) is 42.9. The molecule has 2 aromatic heterocycles. The lowest BCUT2D eigenvalue weighted by Crippen LogP contribution is -2.46. The third kappa shape index (κ3) is 5.26. The number of fused-ring (bicyclic) bond motifs is 1. The van der Waals surface area contributed by atoms with Crippen molar-refractivity contribution in [2.45, 2.75) is 34.0 Å². The maximum absolute atomic E-state index is 13.5. The Labute approximate surface area is 225 Å². The van der Waals surface area contributed by atoms with Crippen LogP contribution < -0.4 is 20.4 Å². The number of hydrogen-bond donors (Lipinski definition) is 2. The van der Waals surface area contributed by atoms with Gasteiger partial charge < -0.3 is 10.6 Å². The molecule has 39 heavy (non-hydrogen) atoms. The summed E-state index contributed by atoms with van der Waals surface area (Å²) < 4.78 is 13.0. The van der Waals surface area contributed by atoms with Gasteiger partial charge in [-0.05, 0) is 68.3 Å². The van der Waals surface area contributed by atoms with Crippen molar-refractivity contribution in [3.8, 4) is 0 Å². The van der Waals surface area contributed by atoms with E-state index >= 15 is 0 Å². The number of aryl methyl sites for hydroxylation is 3. The molecule has 2 aromatic carbocycles. The Morgan fingerprint density at radius 3 is 2.64 bits per heavy atom. The van der Waals surface area contributed by atoms with Crippen LogP contribution in [0.2, 0.25) is 0 Å². The minimum atomic E-state index is -0.647. The smallest absolute Gasteiger partial charge is 0.323 e. The molecule has 0 fully saturated rings. The van der Waals surface area contributed by atoms with Gasteiger partial charge in [-0.15, -0.1) is 0 Å². The molecule has 9 nitrogen and oxygen atoms in total. The number of hydrogen-bond acceptors (Lipinski definition) is 6. The highest BCUT2D eigenvalue weighted by Gasteiger charge is 2.31. The number of halogens is 1. The molecule has 0 saturated heterocycles. The molecule has 198 valence electrons. The zero-order valence-electron chi connectivity index (χ0n) is 22.1.